The maximum absolute atomic E-state index is 5.50. The Bertz CT molecular complexity index is 418. The summed E-state index contributed by atoms with van der Waals surface area (Å²) in [7, 11) is 1.75. The van der Waals surface area contributed by atoms with Crippen LogP contribution in [0.25, 0.3) is 0 Å². The average molecular weight is 277 g/mol. The maximum Gasteiger partial charge on any atom is 0.122 e. The molecule has 0 saturated heterocycles. The van der Waals surface area contributed by atoms with Crippen molar-refractivity contribution in [2.24, 2.45) is 0 Å². The predicted molar refractivity (Wildman–Crippen MR) is 87.6 cm³/mol. The predicted octanol–water partition coefficient (Wildman–Crippen LogP) is 4.53. The molecule has 0 heterocycles. The third-order valence-corrected chi connectivity index (χ3v) is 3.72. The number of hydrogen-bond donors (Lipinski definition) is 1. The van der Waals surface area contributed by atoms with E-state index in [0.29, 0.717) is 6.04 Å². The first kappa shape index (κ1) is 17.0. The van der Waals surface area contributed by atoms with Crippen LogP contribution in [0.4, 0.5) is 0 Å². The van der Waals surface area contributed by atoms with Gasteiger partial charge in [-0.15, -0.1) is 0 Å². The zero-order valence-electron chi connectivity index (χ0n) is 14.2. The minimum Gasteiger partial charge on any atom is -0.496 e. The van der Waals surface area contributed by atoms with E-state index in [0.717, 1.165) is 18.6 Å². The molecule has 1 atom stereocenters. The molecular formula is C18H31NO. The highest BCUT2D eigenvalue weighted by Gasteiger charge is 2.25. The minimum absolute atomic E-state index is 0.125. The Morgan fingerprint density at radius 1 is 1.10 bits per heavy atom. The molecule has 0 bridgehead atoms. The van der Waals surface area contributed by atoms with Crippen molar-refractivity contribution in [3.8, 4) is 5.75 Å². The highest BCUT2D eigenvalue weighted by Crippen LogP contribution is 2.35. The van der Waals surface area contributed by atoms with Crippen LogP contribution < -0.4 is 10.1 Å². The van der Waals surface area contributed by atoms with Crippen LogP contribution in [-0.2, 0) is 5.41 Å². The third-order valence-electron chi connectivity index (χ3n) is 3.72. The second-order valence-electron chi connectivity index (χ2n) is 7.42. The Hall–Kier alpha value is -1.02. The number of benzene rings is 1. The molecular weight excluding hydrogens is 246 g/mol. The monoisotopic (exact) mass is 277 g/mol. The molecule has 2 nitrogen and oxygen atoms in total. The first-order chi connectivity index (χ1) is 9.15. The van der Waals surface area contributed by atoms with Crippen molar-refractivity contribution in [2.75, 3.05) is 7.11 Å². The lowest BCUT2D eigenvalue weighted by Gasteiger charge is -2.31. The van der Waals surface area contributed by atoms with Crippen LogP contribution in [0.1, 0.15) is 59.9 Å². The molecule has 0 aliphatic carbocycles. The molecule has 1 aromatic carbocycles. The fraction of sp³-hybridized carbons (Fsp3) is 0.667. The summed E-state index contributed by atoms with van der Waals surface area (Å²) in [5, 5.41) is 3.64. The van der Waals surface area contributed by atoms with Crippen LogP contribution in [0.5, 0.6) is 5.75 Å². The molecule has 0 aliphatic rings. The van der Waals surface area contributed by atoms with Gasteiger partial charge in [0.2, 0.25) is 0 Å². The number of nitrogens with one attached hydrogen (secondary N) is 1. The molecule has 0 spiro atoms. The van der Waals surface area contributed by atoms with Crippen molar-refractivity contribution in [2.45, 2.75) is 71.4 Å². The van der Waals surface area contributed by atoms with Gasteiger partial charge in [0.25, 0.3) is 0 Å². The first-order valence-electron chi connectivity index (χ1n) is 7.57. The smallest absolute Gasteiger partial charge is 0.122 e. The fourth-order valence-electron chi connectivity index (χ4n) is 2.73. The average Bonchev–Trinajstić information content (AvgIpc) is 2.34. The lowest BCUT2D eigenvalue weighted by atomic mass is 9.79. The maximum atomic E-state index is 5.50. The zero-order chi connectivity index (χ0) is 15.4. The second-order valence-corrected chi connectivity index (χ2v) is 7.42. The van der Waals surface area contributed by atoms with E-state index in [4.69, 9.17) is 4.74 Å². The molecule has 0 aromatic heterocycles. The number of ether oxygens (including phenoxy) is 1. The van der Waals surface area contributed by atoms with Gasteiger partial charge >= 0.3 is 0 Å². The Morgan fingerprint density at radius 2 is 1.70 bits per heavy atom. The van der Waals surface area contributed by atoms with Crippen molar-refractivity contribution in [3.05, 3.63) is 29.8 Å². The second kappa shape index (κ2) is 6.62. The molecule has 0 aliphatic heterocycles. The Balaban J connectivity index is 2.70. The minimum atomic E-state index is 0.125. The Kier molecular flexibility index (Phi) is 5.64. The normalized spacial score (nSPS) is 14.2. The van der Waals surface area contributed by atoms with Crippen molar-refractivity contribution in [3.63, 3.8) is 0 Å². The summed E-state index contributed by atoms with van der Waals surface area (Å²) in [6.07, 6.45) is 2.29. The van der Waals surface area contributed by atoms with Crippen LogP contribution in [0.2, 0.25) is 0 Å². The molecule has 0 saturated carbocycles. The van der Waals surface area contributed by atoms with E-state index in [9.17, 15) is 0 Å². The van der Waals surface area contributed by atoms with Gasteiger partial charge in [-0.05, 0) is 57.6 Å². The standard InChI is InChI=1S/C18H31NO/c1-14(19-17(2,3)4)12-13-18(5,6)15-10-8-9-11-16(15)20-7/h8-11,14,19H,12-13H2,1-7H3/t14-/m0/s1. The number of methoxy groups -OCH3 is 1. The summed E-state index contributed by atoms with van der Waals surface area (Å²) in [5.41, 5.74) is 1.60. The molecule has 2 heteroatoms. The first-order valence-corrected chi connectivity index (χ1v) is 7.57. The van der Waals surface area contributed by atoms with Crippen LogP contribution in [0, 0.1) is 0 Å². The van der Waals surface area contributed by atoms with Crippen LogP contribution >= 0.6 is 0 Å². The van der Waals surface area contributed by atoms with Crippen LogP contribution in [0.3, 0.4) is 0 Å². The van der Waals surface area contributed by atoms with Crippen molar-refractivity contribution in [1.82, 2.24) is 5.32 Å². The zero-order valence-corrected chi connectivity index (χ0v) is 14.2. The number of para-hydroxylation sites is 1. The summed E-state index contributed by atoms with van der Waals surface area (Å²) in [6, 6.07) is 8.87. The van der Waals surface area contributed by atoms with E-state index < -0.39 is 0 Å². The van der Waals surface area contributed by atoms with Gasteiger partial charge in [-0.2, -0.15) is 0 Å². The van der Waals surface area contributed by atoms with Gasteiger partial charge in [0.1, 0.15) is 5.75 Å². The van der Waals surface area contributed by atoms with Crippen LogP contribution in [0.15, 0.2) is 24.3 Å². The quantitative estimate of drug-likeness (QED) is 0.825. The molecule has 0 unspecified atom stereocenters. The summed E-state index contributed by atoms with van der Waals surface area (Å²) in [6.45, 7) is 13.5. The summed E-state index contributed by atoms with van der Waals surface area (Å²) in [5.74, 6) is 0.994. The van der Waals surface area contributed by atoms with Gasteiger partial charge in [0.05, 0.1) is 7.11 Å². The molecule has 114 valence electrons. The Morgan fingerprint density at radius 3 is 2.25 bits per heavy atom. The third kappa shape index (κ3) is 5.16. The number of rotatable bonds is 6. The molecule has 0 fully saturated rings. The van der Waals surface area contributed by atoms with E-state index in [1.165, 1.54) is 5.56 Å². The summed E-state index contributed by atoms with van der Waals surface area (Å²) in [4.78, 5) is 0. The molecule has 1 aromatic rings. The van der Waals surface area contributed by atoms with Gasteiger partial charge in [0, 0.05) is 11.6 Å². The van der Waals surface area contributed by atoms with E-state index in [1.807, 2.05) is 12.1 Å². The van der Waals surface area contributed by atoms with Gasteiger partial charge < -0.3 is 10.1 Å². The highest BCUT2D eigenvalue weighted by molar-refractivity contribution is 5.38. The van der Waals surface area contributed by atoms with Crippen LogP contribution in [-0.4, -0.2) is 18.7 Å². The molecule has 1 N–H and O–H groups in total. The molecule has 0 radical (unpaired) electrons. The van der Waals surface area contributed by atoms with E-state index in [2.05, 4.69) is 59.0 Å². The van der Waals surface area contributed by atoms with E-state index >= 15 is 0 Å². The molecule has 1 rings (SSSR count). The SMILES string of the molecule is COc1ccccc1C(C)(C)CC[C@H](C)NC(C)(C)C. The fourth-order valence-corrected chi connectivity index (χ4v) is 2.73. The van der Waals surface area contributed by atoms with Crippen molar-refractivity contribution >= 4 is 0 Å². The molecule has 0 amide bonds. The largest absolute Gasteiger partial charge is 0.496 e. The lowest BCUT2D eigenvalue weighted by Crippen LogP contribution is -2.42. The Labute approximate surface area is 124 Å². The molecule has 20 heavy (non-hydrogen) atoms. The topological polar surface area (TPSA) is 21.3 Å². The number of hydrogen-bond acceptors (Lipinski definition) is 2. The van der Waals surface area contributed by atoms with Crippen molar-refractivity contribution < 1.29 is 4.74 Å². The van der Waals surface area contributed by atoms with E-state index in [-0.39, 0.29) is 11.0 Å². The van der Waals surface area contributed by atoms with E-state index in [1.54, 1.807) is 7.11 Å². The van der Waals surface area contributed by atoms with Crippen molar-refractivity contribution in [1.29, 1.82) is 0 Å². The lowest BCUT2D eigenvalue weighted by molar-refractivity contribution is 0.326. The van der Waals surface area contributed by atoms with Gasteiger partial charge in [0.15, 0.2) is 0 Å². The highest BCUT2D eigenvalue weighted by atomic mass is 16.5. The summed E-state index contributed by atoms with van der Waals surface area (Å²) >= 11 is 0. The summed E-state index contributed by atoms with van der Waals surface area (Å²) < 4.78 is 5.50. The van der Waals surface area contributed by atoms with Gasteiger partial charge in [-0.25, -0.2) is 0 Å². The van der Waals surface area contributed by atoms with Gasteiger partial charge in [-0.3, -0.25) is 0 Å². The van der Waals surface area contributed by atoms with Gasteiger partial charge in [-0.1, -0.05) is 32.0 Å².